The minimum Gasteiger partial charge on any atom is -0.444 e. The van der Waals surface area contributed by atoms with Gasteiger partial charge in [0, 0.05) is 13.0 Å². The molecular weight excluding hydrogens is 242 g/mol. The van der Waals surface area contributed by atoms with Crippen LogP contribution in [0.15, 0.2) is 0 Å². The highest BCUT2D eigenvalue weighted by Gasteiger charge is 2.38. The molecule has 0 aromatic rings. The maximum atomic E-state index is 12.3. The van der Waals surface area contributed by atoms with Crippen LogP contribution in [0.5, 0.6) is 0 Å². The van der Waals surface area contributed by atoms with Gasteiger partial charge in [-0.2, -0.15) is 0 Å². The van der Waals surface area contributed by atoms with Gasteiger partial charge in [-0.25, -0.2) is 4.79 Å². The fraction of sp³-hybridized carbons (Fsp3) is 0.867. The molecule has 4 nitrogen and oxygen atoms in total. The summed E-state index contributed by atoms with van der Waals surface area (Å²) in [6.07, 6.45) is 1.65. The van der Waals surface area contributed by atoms with Crippen LogP contribution in [0.2, 0.25) is 0 Å². The predicted molar refractivity (Wildman–Crippen MR) is 77.2 cm³/mol. The Labute approximate surface area is 117 Å². The fourth-order valence-corrected chi connectivity index (χ4v) is 1.82. The summed E-state index contributed by atoms with van der Waals surface area (Å²) in [4.78, 5) is 26.0. The quantitative estimate of drug-likeness (QED) is 0.738. The lowest BCUT2D eigenvalue weighted by atomic mass is 9.93. The Morgan fingerprint density at radius 1 is 1.00 bits per heavy atom. The van der Waals surface area contributed by atoms with Gasteiger partial charge < -0.3 is 4.74 Å². The maximum absolute atomic E-state index is 12.3. The highest BCUT2D eigenvalue weighted by molar-refractivity contribution is 5.90. The molecule has 112 valence electrons. The number of ether oxygens (including phenoxy) is 1. The molecule has 0 aromatic carbocycles. The van der Waals surface area contributed by atoms with Crippen LogP contribution in [0.25, 0.3) is 0 Å². The van der Waals surface area contributed by atoms with E-state index in [-0.39, 0.29) is 5.78 Å². The second kappa shape index (κ2) is 6.92. The van der Waals surface area contributed by atoms with Crippen molar-refractivity contribution in [3.05, 3.63) is 0 Å². The summed E-state index contributed by atoms with van der Waals surface area (Å²) in [6, 6.07) is 0. The number of ketones is 1. The van der Waals surface area contributed by atoms with E-state index in [2.05, 4.69) is 0 Å². The highest BCUT2D eigenvalue weighted by Crippen LogP contribution is 2.22. The Hall–Kier alpha value is -1.06. The van der Waals surface area contributed by atoms with E-state index in [9.17, 15) is 9.59 Å². The van der Waals surface area contributed by atoms with Crippen LogP contribution in [-0.4, -0.2) is 34.5 Å². The Morgan fingerprint density at radius 3 is 1.89 bits per heavy atom. The second-order valence-corrected chi connectivity index (χ2v) is 6.36. The molecule has 19 heavy (non-hydrogen) atoms. The largest absolute Gasteiger partial charge is 0.444 e. The summed E-state index contributed by atoms with van der Waals surface area (Å²) in [6.45, 7) is 13.6. The Kier molecular flexibility index (Phi) is 6.53. The van der Waals surface area contributed by atoms with Crippen LogP contribution in [-0.2, 0) is 9.53 Å². The first-order valence-electron chi connectivity index (χ1n) is 7.10. The monoisotopic (exact) mass is 271 g/mol. The lowest BCUT2D eigenvalue weighted by Gasteiger charge is -2.38. The molecule has 0 atom stereocenters. The zero-order valence-electron chi connectivity index (χ0n) is 13.5. The van der Waals surface area contributed by atoms with Crippen LogP contribution < -0.4 is 0 Å². The molecule has 0 aliphatic carbocycles. The zero-order chi connectivity index (χ0) is 15.3. The lowest BCUT2D eigenvalue weighted by molar-refractivity contribution is -0.129. The Bertz CT molecular complexity index is 316. The van der Waals surface area contributed by atoms with Crippen molar-refractivity contribution < 1.29 is 14.3 Å². The molecule has 0 bridgehead atoms. The van der Waals surface area contributed by atoms with E-state index >= 15 is 0 Å². The zero-order valence-corrected chi connectivity index (χ0v) is 13.5. The summed E-state index contributed by atoms with van der Waals surface area (Å²) in [5, 5.41) is 0. The Morgan fingerprint density at radius 2 is 1.53 bits per heavy atom. The molecule has 0 aliphatic heterocycles. The SMILES string of the molecule is CCCC(=O)C(C)(C)N(CCC)C(=O)OC(C)(C)C. The van der Waals surface area contributed by atoms with Gasteiger partial charge in [0.2, 0.25) is 0 Å². The number of hydrogen-bond acceptors (Lipinski definition) is 3. The van der Waals surface area contributed by atoms with Crippen molar-refractivity contribution in [3.8, 4) is 0 Å². The summed E-state index contributed by atoms with van der Waals surface area (Å²) >= 11 is 0. The van der Waals surface area contributed by atoms with Gasteiger partial charge >= 0.3 is 6.09 Å². The molecule has 0 aliphatic rings. The van der Waals surface area contributed by atoms with Crippen molar-refractivity contribution in [1.82, 2.24) is 4.90 Å². The van der Waals surface area contributed by atoms with Gasteiger partial charge in [-0.15, -0.1) is 0 Å². The maximum Gasteiger partial charge on any atom is 0.411 e. The van der Waals surface area contributed by atoms with Gasteiger partial charge in [-0.05, 0) is 47.5 Å². The van der Waals surface area contributed by atoms with Gasteiger partial charge in [-0.1, -0.05) is 13.8 Å². The average Bonchev–Trinajstić information content (AvgIpc) is 2.23. The van der Waals surface area contributed by atoms with Gasteiger partial charge in [0.05, 0.1) is 5.54 Å². The standard InChI is InChI=1S/C15H29NO3/c1-8-10-12(17)15(6,7)16(11-9-2)13(18)19-14(3,4)5/h8-11H2,1-7H3. The summed E-state index contributed by atoms with van der Waals surface area (Å²) < 4.78 is 5.40. The summed E-state index contributed by atoms with van der Waals surface area (Å²) in [7, 11) is 0. The summed E-state index contributed by atoms with van der Waals surface area (Å²) in [5.74, 6) is 0.0781. The molecule has 0 heterocycles. The first-order valence-corrected chi connectivity index (χ1v) is 7.10. The lowest BCUT2D eigenvalue weighted by Crippen LogP contribution is -2.54. The average molecular weight is 271 g/mol. The van der Waals surface area contributed by atoms with Crippen LogP contribution >= 0.6 is 0 Å². The van der Waals surface area contributed by atoms with E-state index < -0.39 is 17.2 Å². The molecule has 0 saturated heterocycles. The second-order valence-electron chi connectivity index (χ2n) is 6.36. The molecule has 0 unspecified atom stereocenters. The van der Waals surface area contributed by atoms with E-state index in [1.54, 1.807) is 18.7 Å². The van der Waals surface area contributed by atoms with E-state index in [0.29, 0.717) is 13.0 Å². The molecule has 0 fully saturated rings. The smallest absolute Gasteiger partial charge is 0.411 e. The molecule has 4 heteroatoms. The minimum absolute atomic E-state index is 0.0781. The molecule has 0 radical (unpaired) electrons. The fourth-order valence-electron chi connectivity index (χ4n) is 1.82. The molecule has 1 amide bonds. The first-order chi connectivity index (χ1) is 8.56. The third-order valence-electron chi connectivity index (χ3n) is 2.90. The van der Waals surface area contributed by atoms with Gasteiger partial charge in [0.1, 0.15) is 5.60 Å². The van der Waals surface area contributed by atoms with Gasteiger partial charge in [0.25, 0.3) is 0 Å². The summed E-state index contributed by atoms with van der Waals surface area (Å²) in [5.41, 5.74) is -1.36. The molecule has 0 N–H and O–H groups in total. The number of nitrogens with zero attached hydrogens (tertiary/aromatic N) is 1. The van der Waals surface area contributed by atoms with Crippen molar-refractivity contribution in [3.63, 3.8) is 0 Å². The van der Waals surface area contributed by atoms with Crippen LogP contribution in [0.1, 0.15) is 67.7 Å². The molecule has 0 spiro atoms. The number of rotatable bonds is 6. The normalized spacial score (nSPS) is 12.2. The topological polar surface area (TPSA) is 46.6 Å². The number of Topliss-reactive ketones (excluding diaryl/α,β-unsaturated/α-hetero) is 1. The third kappa shape index (κ3) is 5.62. The van der Waals surface area contributed by atoms with Crippen LogP contribution in [0.3, 0.4) is 0 Å². The van der Waals surface area contributed by atoms with Crippen LogP contribution in [0, 0.1) is 0 Å². The number of carbonyl (C=O) groups excluding carboxylic acids is 2. The number of carbonyl (C=O) groups is 2. The van der Waals surface area contributed by atoms with Crippen LogP contribution in [0.4, 0.5) is 4.79 Å². The van der Waals surface area contributed by atoms with Crippen molar-refractivity contribution in [2.45, 2.75) is 78.9 Å². The van der Waals surface area contributed by atoms with Gasteiger partial charge in [0.15, 0.2) is 5.78 Å². The first kappa shape index (κ1) is 17.9. The Balaban J connectivity index is 5.08. The van der Waals surface area contributed by atoms with E-state index in [1.165, 1.54) is 0 Å². The predicted octanol–water partition coefficient (Wildman–Crippen LogP) is 3.78. The van der Waals surface area contributed by atoms with Crippen molar-refractivity contribution in [2.24, 2.45) is 0 Å². The van der Waals surface area contributed by atoms with E-state index in [4.69, 9.17) is 4.74 Å². The van der Waals surface area contributed by atoms with E-state index in [0.717, 1.165) is 12.8 Å². The number of hydrogen-bond donors (Lipinski definition) is 0. The molecule has 0 saturated carbocycles. The minimum atomic E-state index is -0.811. The van der Waals surface area contributed by atoms with Gasteiger partial charge in [-0.3, -0.25) is 9.69 Å². The highest BCUT2D eigenvalue weighted by atomic mass is 16.6. The third-order valence-corrected chi connectivity index (χ3v) is 2.90. The molecule has 0 rings (SSSR count). The van der Waals surface area contributed by atoms with Crippen molar-refractivity contribution in [2.75, 3.05) is 6.54 Å². The molecular formula is C15H29NO3. The van der Waals surface area contributed by atoms with E-state index in [1.807, 2.05) is 34.6 Å². The van der Waals surface area contributed by atoms with Crippen molar-refractivity contribution in [1.29, 1.82) is 0 Å². The molecule has 0 aromatic heterocycles. The van der Waals surface area contributed by atoms with Crippen molar-refractivity contribution >= 4 is 11.9 Å². The number of amides is 1.